The third-order valence-electron chi connectivity index (χ3n) is 2.40. The van der Waals surface area contributed by atoms with E-state index in [0.717, 1.165) is 24.6 Å². The fourth-order valence-corrected chi connectivity index (χ4v) is 1.54. The summed E-state index contributed by atoms with van der Waals surface area (Å²) >= 11 is 0. The number of methoxy groups -OCH3 is 1. The zero-order valence-corrected chi connectivity index (χ0v) is 10.4. The van der Waals surface area contributed by atoms with E-state index in [4.69, 9.17) is 9.47 Å². The van der Waals surface area contributed by atoms with Crippen molar-refractivity contribution >= 4 is 0 Å². The van der Waals surface area contributed by atoms with Gasteiger partial charge < -0.3 is 14.4 Å². The summed E-state index contributed by atoms with van der Waals surface area (Å²) < 4.78 is 10.9. The van der Waals surface area contributed by atoms with Gasteiger partial charge in [0.2, 0.25) is 0 Å². The minimum absolute atomic E-state index is 0.691. The van der Waals surface area contributed by atoms with E-state index in [1.165, 1.54) is 6.42 Å². The van der Waals surface area contributed by atoms with Crippen LogP contribution in [-0.4, -0.2) is 38.8 Å². The Kier molecular flexibility index (Phi) is 5.72. The maximum absolute atomic E-state index is 5.68. The van der Waals surface area contributed by atoms with E-state index >= 15 is 0 Å². The van der Waals surface area contributed by atoms with Crippen molar-refractivity contribution in [3.05, 3.63) is 24.3 Å². The molecule has 0 aliphatic carbocycles. The van der Waals surface area contributed by atoms with Gasteiger partial charge in [-0.2, -0.15) is 0 Å². The number of benzene rings is 1. The molecule has 0 heterocycles. The van der Waals surface area contributed by atoms with E-state index in [1.807, 2.05) is 24.3 Å². The fourth-order valence-electron chi connectivity index (χ4n) is 1.54. The van der Waals surface area contributed by atoms with Crippen LogP contribution in [0.5, 0.6) is 11.5 Å². The van der Waals surface area contributed by atoms with Crippen molar-refractivity contribution in [1.82, 2.24) is 4.90 Å². The number of nitrogens with zero attached hydrogens (tertiary/aromatic N) is 1. The van der Waals surface area contributed by atoms with E-state index in [1.54, 1.807) is 7.11 Å². The molecule has 0 N–H and O–H groups in total. The van der Waals surface area contributed by atoms with Crippen molar-refractivity contribution in [1.29, 1.82) is 0 Å². The lowest BCUT2D eigenvalue weighted by Gasteiger charge is -2.16. The molecule has 0 fully saturated rings. The average Bonchev–Trinajstić information content (AvgIpc) is 2.30. The molecule has 0 atom stereocenters. The molecule has 0 saturated carbocycles. The van der Waals surface area contributed by atoms with Crippen LogP contribution in [-0.2, 0) is 0 Å². The number of ether oxygens (including phenoxy) is 2. The second kappa shape index (κ2) is 7.12. The number of likely N-dealkylation sites (N-methyl/N-ethyl adjacent to an activating group) is 1. The van der Waals surface area contributed by atoms with Crippen LogP contribution < -0.4 is 9.47 Å². The van der Waals surface area contributed by atoms with Crippen molar-refractivity contribution < 1.29 is 9.47 Å². The molecule has 0 bridgehead atoms. The average molecular weight is 223 g/mol. The van der Waals surface area contributed by atoms with E-state index in [-0.39, 0.29) is 0 Å². The third kappa shape index (κ3) is 4.11. The van der Waals surface area contributed by atoms with Crippen LogP contribution in [0.25, 0.3) is 0 Å². The molecule has 0 amide bonds. The zero-order valence-electron chi connectivity index (χ0n) is 10.4. The Bertz CT molecular complexity index is 302. The molecule has 1 rings (SSSR count). The molecule has 0 radical (unpaired) electrons. The molecule has 3 nitrogen and oxygen atoms in total. The van der Waals surface area contributed by atoms with Gasteiger partial charge in [-0.1, -0.05) is 19.1 Å². The highest BCUT2D eigenvalue weighted by Crippen LogP contribution is 2.25. The van der Waals surface area contributed by atoms with E-state index in [0.29, 0.717) is 6.61 Å². The van der Waals surface area contributed by atoms with Gasteiger partial charge in [0.15, 0.2) is 11.5 Å². The Morgan fingerprint density at radius 1 is 1.12 bits per heavy atom. The molecule has 0 aliphatic rings. The smallest absolute Gasteiger partial charge is 0.161 e. The topological polar surface area (TPSA) is 21.7 Å². The summed E-state index contributed by atoms with van der Waals surface area (Å²) in [7, 11) is 3.76. The van der Waals surface area contributed by atoms with Gasteiger partial charge >= 0.3 is 0 Å². The first-order chi connectivity index (χ1) is 7.77. The predicted molar refractivity (Wildman–Crippen MR) is 66.3 cm³/mol. The molecule has 0 spiro atoms. The normalized spacial score (nSPS) is 10.5. The third-order valence-corrected chi connectivity index (χ3v) is 2.40. The van der Waals surface area contributed by atoms with Gasteiger partial charge in [0.05, 0.1) is 7.11 Å². The monoisotopic (exact) mass is 223 g/mol. The summed E-state index contributed by atoms with van der Waals surface area (Å²) in [6, 6.07) is 7.73. The number of para-hydroxylation sites is 2. The van der Waals surface area contributed by atoms with Crippen LogP contribution in [0, 0.1) is 0 Å². The summed E-state index contributed by atoms with van der Waals surface area (Å²) in [6.07, 6.45) is 1.17. The number of hydrogen-bond donors (Lipinski definition) is 0. The SMILES string of the molecule is CCCN(C)CCOc1ccccc1OC. The summed E-state index contributed by atoms with van der Waals surface area (Å²) in [4.78, 5) is 2.26. The second-order valence-electron chi connectivity index (χ2n) is 3.80. The minimum Gasteiger partial charge on any atom is -0.493 e. The van der Waals surface area contributed by atoms with Gasteiger partial charge in [0.1, 0.15) is 6.61 Å². The molecule has 0 unspecified atom stereocenters. The maximum atomic E-state index is 5.68. The van der Waals surface area contributed by atoms with Crippen molar-refractivity contribution in [3.8, 4) is 11.5 Å². The Labute approximate surface area is 98.0 Å². The lowest BCUT2D eigenvalue weighted by molar-refractivity contribution is 0.230. The van der Waals surface area contributed by atoms with Gasteiger partial charge in [-0.15, -0.1) is 0 Å². The first-order valence-electron chi connectivity index (χ1n) is 5.72. The summed E-state index contributed by atoms with van der Waals surface area (Å²) in [6.45, 7) is 4.91. The van der Waals surface area contributed by atoms with Crippen molar-refractivity contribution in [3.63, 3.8) is 0 Å². The lowest BCUT2D eigenvalue weighted by Crippen LogP contribution is -2.24. The fraction of sp³-hybridized carbons (Fsp3) is 0.538. The highest BCUT2D eigenvalue weighted by Gasteiger charge is 2.02. The Morgan fingerprint density at radius 3 is 2.44 bits per heavy atom. The minimum atomic E-state index is 0.691. The standard InChI is InChI=1S/C13H21NO2/c1-4-9-14(2)10-11-16-13-8-6-5-7-12(13)15-3/h5-8H,4,9-11H2,1-3H3. The number of hydrogen-bond acceptors (Lipinski definition) is 3. The molecular weight excluding hydrogens is 202 g/mol. The molecule has 0 saturated heterocycles. The molecule has 3 heteroatoms. The second-order valence-corrected chi connectivity index (χ2v) is 3.80. The first kappa shape index (κ1) is 12.8. The van der Waals surface area contributed by atoms with E-state index < -0.39 is 0 Å². The summed E-state index contributed by atoms with van der Waals surface area (Å²) in [5.41, 5.74) is 0. The van der Waals surface area contributed by atoms with Gasteiger partial charge in [-0.3, -0.25) is 0 Å². The lowest BCUT2D eigenvalue weighted by atomic mass is 10.3. The van der Waals surface area contributed by atoms with E-state index in [2.05, 4.69) is 18.9 Å². The quantitative estimate of drug-likeness (QED) is 0.708. The van der Waals surface area contributed by atoms with Crippen LogP contribution in [0.15, 0.2) is 24.3 Å². The predicted octanol–water partition coefficient (Wildman–Crippen LogP) is 2.42. The molecule has 16 heavy (non-hydrogen) atoms. The molecule has 1 aromatic carbocycles. The highest BCUT2D eigenvalue weighted by molar-refractivity contribution is 5.39. The molecule has 90 valence electrons. The van der Waals surface area contributed by atoms with Crippen LogP contribution in [0.3, 0.4) is 0 Å². The van der Waals surface area contributed by atoms with Crippen LogP contribution in [0.2, 0.25) is 0 Å². The van der Waals surface area contributed by atoms with Crippen molar-refractivity contribution in [2.45, 2.75) is 13.3 Å². The molecule has 1 aromatic rings. The van der Waals surface area contributed by atoms with Crippen molar-refractivity contribution in [2.24, 2.45) is 0 Å². The van der Waals surface area contributed by atoms with Gasteiger partial charge in [0, 0.05) is 6.54 Å². The highest BCUT2D eigenvalue weighted by atomic mass is 16.5. The Hall–Kier alpha value is -1.22. The largest absolute Gasteiger partial charge is 0.493 e. The zero-order chi connectivity index (χ0) is 11.8. The van der Waals surface area contributed by atoms with Gasteiger partial charge in [-0.05, 0) is 32.1 Å². The van der Waals surface area contributed by atoms with Crippen molar-refractivity contribution in [2.75, 3.05) is 33.9 Å². The number of rotatable bonds is 7. The summed E-state index contributed by atoms with van der Waals surface area (Å²) in [5, 5.41) is 0. The molecular formula is C13H21NO2. The van der Waals surface area contributed by atoms with Crippen LogP contribution in [0.4, 0.5) is 0 Å². The molecule has 0 aromatic heterocycles. The summed E-state index contributed by atoms with van der Waals surface area (Å²) in [5.74, 6) is 1.61. The Morgan fingerprint density at radius 2 is 1.81 bits per heavy atom. The first-order valence-corrected chi connectivity index (χ1v) is 5.72. The van der Waals surface area contributed by atoms with E-state index in [9.17, 15) is 0 Å². The Balaban J connectivity index is 2.36. The van der Waals surface area contributed by atoms with Crippen LogP contribution in [0.1, 0.15) is 13.3 Å². The van der Waals surface area contributed by atoms with Gasteiger partial charge in [-0.25, -0.2) is 0 Å². The molecule has 0 aliphatic heterocycles. The van der Waals surface area contributed by atoms with Gasteiger partial charge in [0.25, 0.3) is 0 Å². The maximum Gasteiger partial charge on any atom is 0.161 e. The van der Waals surface area contributed by atoms with Crippen LogP contribution >= 0.6 is 0 Å².